The van der Waals surface area contributed by atoms with Gasteiger partial charge in [0.25, 0.3) is 0 Å². The van der Waals surface area contributed by atoms with Crippen LogP contribution in [0.3, 0.4) is 0 Å². The predicted molar refractivity (Wildman–Crippen MR) is 80.1 cm³/mol. The van der Waals surface area contributed by atoms with E-state index in [1.807, 2.05) is 18.4 Å². The van der Waals surface area contributed by atoms with Gasteiger partial charge < -0.3 is 14.8 Å². The SMILES string of the molecule is CC(=O)c1c(C)n(CCCO)c2c(C)cc(C(=O)O)cc12. The number of benzene rings is 1. The summed E-state index contributed by atoms with van der Waals surface area (Å²) in [5.74, 6) is -1.09. The van der Waals surface area contributed by atoms with Crippen molar-refractivity contribution in [2.75, 3.05) is 6.61 Å². The monoisotopic (exact) mass is 289 g/mol. The van der Waals surface area contributed by atoms with Crippen molar-refractivity contribution in [3.8, 4) is 0 Å². The first kappa shape index (κ1) is 15.3. The second kappa shape index (κ2) is 5.69. The van der Waals surface area contributed by atoms with Crippen LogP contribution in [0.4, 0.5) is 0 Å². The minimum Gasteiger partial charge on any atom is -0.478 e. The number of Topliss-reactive ketones (excluding diaryl/α,β-unsaturated/α-hetero) is 1. The van der Waals surface area contributed by atoms with Gasteiger partial charge in [0.2, 0.25) is 0 Å². The first-order chi connectivity index (χ1) is 9.88. The molecule has 0 fully saturated rings. The van der Waals surface area contributed by atoms with E-state index < -0.39 is 5.97 Å². The Morgan fingerprint density at radius 3 is 2.43 bits per heavy atom. The van der Waals surface area contributed by atoms with Crippen LogP contribution in [0.5, 0.6) is 0 Å². The molecule has 1 aromatic heterocycles. The molecule has 0 saturated heterocycles. The molecule has 0 amide bonds. The number of carboxylic acid groups (broad SMARTS) is 1. The Morgan fingerprint density at radius 2 is 1.90 bits per heavy atom. The normalized spacial score (nSPS) is 11.0. The largest absolute Gasteiger partial charge is 0.478 e. The quantitative estimate of drug-likeness (QED) is 0.829. The van der Waals surface area contributed by atoms with Gasteiger partial charge in [-0.2, -0.15) is 0 Å². The van der Waals surface area contributed by atoms with Gasteiger partial charge in [-0.15, -0.1) is 0 Å². The molecule has 1 aromatic carbocycles. The minimum absolute atomic E-state index is 0.0702. The summed E-state index contributed by atoms with van der Waals surface area (Å²) in [5.41, 5.74) is 3.25. The molecule has 0 unspecified atom stereocenters. The fourth-order valence-corrected chi connectivity index (χ4v) is 2.90. The molecule has 0 radical (unpaired) electrons. The maximum atomic E-state index is 11.9. The van der Waals surface area contributed by atoms with E-state index in [0.717, 1.165) is 16.8 Å². The maximum absolute atomic E-state index is 11.9. The van der Waals surface area contributed by atoms with Crippen LogP contribution in [0, 0.1) is 13.8 Å². The lowest BCUT2D eigenvalue weighted by Gasteiger charge is -2.09. The van der Waals surface area contributed by atoms with E-state index in [0.29, 0.717) is 23.9 Å². The molecule has 112 valence electrons. The van der Waals surface area contributed by atoms with Crippen LogP contribution >= 0.6 is 0 Å². The summed E-state index contributed by atoms with van der Waals surface area (Å²) in [6, 6.07) is 3.17. The number of aliphatic hydroxyl groups excluding tert-OH is 1. The van der Waals surface area contributed by atoms with Crippen LogP contribution in [-0.4, -0.2) is 33.1 Å². The van der Waals surface area contributed by atoms with Crippen LogP contribution in [-0.2, 0) is 6.54 Å². The molecule has 0 saturated carbocycles. The number of aliphatic hydroxyl groups is 1. The molecule has 21 heavy (non-hydrogen) atoms. The molecule has 5 nitrogen and oxygen atoms in total. The molecule has 0 bridgehead atoms. The average Bonchev–Trinajstić information content (AvgIpc) is 2.68. The lowest BCUT2D eigenvalue weighted by Crippen LogP contribution is -2.04. The summed E-state index contributed by atoms with van der Waals surface area (Å²) < 4.78 is 1.99. The zero-order valence-corrected chi connectivity index (χ0v) is 12.4. The minimum atomic E-state index is -1.00. The van der Waals surface area contributed by atoms with Crippen molar-refractivity contribution in [1.29, 1.82) is 0 Å². The lowest BCUT2D eigenvalue weighted by atomic mass is 10.0. The fraction of sp³-hybridized carbons (Fsp3) is 0.375. The van der Waals surface area contributed by atoms with E-state index in [1.165, 1.54) is 6.92 Å². The molecular weight excluding hydrogens is 270 g/mol. The molecule has 2 N–H and O–H groups in total. The van der Waals surface area contributed by atoms with Crippen LogP contribution < -0.4 is 0 Å². The van der Waals surface area contributed by atoms with Crippen LogP contribution in [0.25, 0.3) is 10.9 Å². The Hall–Kier alpha value is -2.14. The number of nitrogens with zero attached hydrogens (tertiary/aromatic N) is 1. The third-order valence-corrected chi connectivity index (χ3v) is 3.75. The lowest BCUT2D eigenvalue weighted by molar-refractivity contribution is 0.0696. The topological polar surface area (TPSA) is 79.5 Å². The number of hydrogen-bond acceptors (Lipinski definition) is 3. The van der Waals surface area contributed by atoms with Crippen molar-refractivity contribution in [2.24, 2.45) is 0 Å². The second-order valence-electron chi connectivity index (χ2n) is 5.24. The first-order valence-corrected chi connectivity index (χ1v) is 6.87. The number of aromatic nitrogens is 1. The number of aryl methyl sites for hydroxylation is 2. The number of carbonyl (C=O) groups excluding carboxylic acids is 1. The van der Waals surface area contributed by atoms with Gasteiger partial charge >= 0.3 is 5.97 Å². The zero-order chi connectivity index (χ0) is 15.7. The van der Waals surface area contributed by atoms with Gasteiger partial charge in [-0.05, 0) is 44.9 Å². The second-order valence-corrected chi connectivity index (χ2v) is 5.24. The van der Waals surface area contributed by atoms with Crippen LogP contribution in [0.2, 0.25) is 0 Å². The van der Waals surface area contributed by atoms with Crippen molar-refractivity contribution in [1.82, 2.24) is 4.57 Å². The summed E-state index contributed by atoms with van der Waals surface area (Å²) >= 11 is 0. The molecule has 0 spiro atoms. The smallest absolute Gasteiger partial charge is 0.335 e. The van der Waals surface area contributed by atoms with Crippen molar-refractivity contribution in [3.05, 3.63) is 34.5 Å². The highest BCUT2D eigenvalue weighted by atomic mass is 16.4. The van der Waals surface area contributed by atoms with E-state index >= 15 is 0 Å². The van der Waals surface area contributed by atoms with E-state index in [1.54, 1.807) is 12.1 Å². The summed E-state index contributed by atoms with van der Waals surface area (Å²) in [4.78, 5) is 23.2. The standard InChI is InChI=1S/C16H19NO4/c1-9-7-12(16(20)21)8-13-14(11(3)19)10(2)17(15(9)13)5-4-6-18/h7-8,18H,4-6H2,1-3H3,(H,20,21). The van der Waals surface area contributed by atoms with Crippen LogP contribution in [0.1, 0.15) is 45.3 Å². The molecule has 1 heterocycles. The Labute approximate surface area is 122 Å². The Morgan fingerprint density at radius 1 is 1.24 bits per heavy atom. The van der Waals surface area contributed by atoms with Gasteiger partial charge in [0, 0.05) is 29.8 Å². The number of hydrogen-bond donors (Lipinski definition) is 2. The highest BCUT2D eigenvalue weighted by Crippen LogP contribution is 2.30. The number of carbonyl (C=O) groups is 2. The van der Waals surface area contributed by atoms with E-state index in [-0.39, 0.29) is 18.0 Å². The molecule has 0 aliphatic heterocycles. The van der Waals surface area contributed by atoms with Crippen molar-refractivity contribution < 1.29 is 19.8 Å². The summed E-state index contributed by atoms with van der Waals surface area (Å²) in [5, 5.41) is 18.9. The van der Waals surface area contributed by atoms with Gasteiger partial charge in [0.1, 0.15) is 0 Å². The van der Waals surface area contributed by atoms with E-state index in [4.69, 9.17) is 5.11 Å². The molecule has 0 atom stereocenters. The van der Waals surface area contributed by atoms with E-state index in [2.05, 4.69) is 0 Å². The molecule has 0 aliphatic carbocycles. The molecule has 0 aliphatic rings. The molecular formula is C16H19NO4. The Bertz CT molecular complexity index is 728. The highest BCUT2D eigenvalue weighted by molar-refractivity contribution is 6.10. The van der Waals surface area contributed by atoms with Gasteiger partial charge in [-0.3, -0.25) is 4.79 Å². The summed E-state index contributed by atoms with van der Waals surface area (Å²) in [7, 11) is 0. The third-order valence-electron chi connectivity index (χ3n) is 3.75. The molecule has 5 heteroatoms. The van der Waals surface area contributed by atoms with Crippen molar-refractivity contribution in [2.45, 2.75) is 33.7 Å². The fourth-order valence-electron chi connectivity index (χ4n) is 2.90. The van der Waals surface area contributed by atoms with Crippen molar-refractivity contribution >= 4 is 22.7 Å². The van der Waals surface area contributed by atoms with Gasteiger partial charge in [-0.25, -0.2) is 4.79 Å². The third kappa shape index (κ3) is 2.56. The summed E-state index contributed by atoms with van der Waals surface area (Å²) in [6.07, 6.45) is 0.585. The zero-order valence-electron chi connectivity index (χ0n) is 12.4. The number of carboxylic acids is 1. The predicted octanol–water partition coefficient (Wildman–Crippen LogP) is 2.54. The Kier molecular flexibility index (Phi) is 4.14. The average molecular weight is 289 g/mol. The number of fused-ring (bicyclic) bond motifs is 1. The van der Waals surface area contributed by atoms with Gasteiger partial charge in [0.15, 0.2) is 5.78 Å². The maximum Gasteiger partial charge on any atom is 0.335 e. The van der Waals surface area contributed by atoms with E-state index in [9.17, 15) is 14.7 Å². The van der Waals surface area contributed by atoms with Crippen LogP contribution in [0.15, 0.2) is 12.1 Å². The van der Waals surface area contributed by atoms with Crippen molar-refractivity contribution in [3.63, 3.8) is 0 Å². The van der Waals surface area contributed by atoms with Gasteiger partial charge in [0.05, 0.1) is 11.1 Å². The molecule has 2 rings (SSSR count). The summed E-state index contributed by atoms with van der Waals surface area (Å²) in [6.45, 7) is 5.85. The highest BCUT2D eigenvalue weighted by Gasteiger charge is 2.20. The number of rotatable bonds is 5. The number of ketones is 1. The van der Waals surface area contributed by atoms with Gasteiger partial charge in [-0.1, -0.05) is 0 Å². The Balaban J connectivity index is 2.83. The number of aromatic carboxylic acids is 1. The first-order valence-electron chi connectivity index (χ1n) is 6.87. The molecule has 2 aromatic rings.